The molecule has 0 radical (unpaired) electrons. The molecule has 7 heteroatoms. The Balaban J connectivity index is 2.05. The number of hydrogen-bond acceptors (Lipinski definition) is 6. The maximum absolute atomic E-state index is 14.1. The fourth-order valence-electron chi connectivity index (χ4n) is 3.55. The van der Waals surface area contributed by atoms with E-state index in [-0.39, 0.29) is 23.2 Å². The lowest BCUT2D eigenvalue weighted by molar-refractivity contribution is 0.197. The summed E-state index contributed by atoms with van der Waals surface area (Å²) in [6.45, 7) is 6.75. The first-order valence-electron chi connectivity index (χ1n) is 9.12. The topological polar surface area (TPSA) is 89.2 Å². The van der Waals surface area contributed by atoms with Crippen LogP contribution in [0.3, 0.4) is 0 Å². The van der Waals surface area contributed by atoms with Crippen molar-refractivity contribution in [2.75, 3.05) is 11.5 Å². The largest absolute Gasteiger partial charge is 0.491 e. The second-order valence-corrected chi connectivity index (χ2v) is 8.28. The molecule has 26 heavy (non-hydrogen) atoms. The lowest BCUT2D eigenvalue weighted by Gasteiger charge is -2.46. The van der Waals surface area contributed by atoms with Crippen LogP contribution in [0.4, 0.5) is 10.1 Å². The van der Waals surface area contributed by atoms with E-state index in [1.807, 2.05) is 4.90 Å². The zero-order chi connectivity index (χ0) is 18.9. The van der Waals surface area contributed by atoms with Gasteiger partial charge in [-0.3, -0.25) is 4.90 Å². The van der Waals surface area contributed by atoms with Crippen molar-refractivity contribution < 1.29 is 9.13 Å². The number of rotatable bonds is 3. The summed E-state index contributed by atoms with van der Waals surface area (Å²) in [4.78, 5) is 10.6. The van der Waals surface area contributed by atoms with Crippen LogP contribution in [-0.4, -0.2) is 24.2 Å². The van der Waals surface area contributed by atoms with Gasteiger partial charge in [-0.1, -0.05) is 27.2 Å². The van der Waals surface area contributed by atoms with Crippen LogP contribution in [0.15, 0.2) is 28.2 Å². The van der Waals surface area contributed by atoms with E-state index in [0.29, 0.717) is 18.0 Å². The first-order chi connectivity index (χ1) is 12.2. The minimum absolute atomic E-state index is 0.0295. The molecule has 0 atom stereocenters. The van der Waals surface area contributed by atoms with Crippen molar-refractivity contribution >= 4 is 17.6 Å². The van der Waals surface area contributed by atoms with Crippen molar-refractivity contribution in [2.45, 2.75) is 58.5 Å². The van der Waals surface area contributed by atoms with Crippen molar-refractivity contribution in [1.29, 1.82) is 0 Å². The van der Waals surface area contributed by atoms with Gasteiger partial charge in [-0.25, -0.2) is 9.38 Å². The zero-order valence-corrected chi connectivity index (χ0v) is 15.8. The molecule has 6 nitrogen and oxygen atoms in total. The summed E-state index contributed by atoms with van der Waals surface area (Å²) in [5, 5.41) is 0. The molecular formula is C19H28FN5O. The van der Waals surface area contributed by atoms with Crippen molar-refractivity contribution in [2.24, 2.45) is 26.9 Å². The average molecular weight is 361 g/mol. The van der Waals surface area contributed by atoms with Crippen LogP contribution < -0.4 is 21.1 Å². The molecule has 1 saturated carbocycles. The Morgan fingerprint density at radius 2 is 1.88 bits per heavy atom. The molecule has 3 rings (SSSR count). The van der Waals surface area contributed by atoms with E-state index in [0.717, 1.165) is 32.1 Å². The van der Waals surface area contributed by atoms with Gasteiger partial charge in [0.25, 0.3) is 0 Å². The minimum atomic E-state index is -0.623. The zero-order valence-electron chi connectivity index (χ0n) is 15.8. The van der Waals surface area contributed by atoms with Crippen molar-refractivity contribution in [3.63, 3.8) is 0 Å². The van der Waals surface area contributed by atoms with Gasteiger partial charge in [0.05, 0.1) is 12.3 Å². The first kappa shape index (κ1) is 18.5. The molecule has 2 aliphatic rings. The summed E-state index contributed by atoms with van der Waals surface area (Å²) >= 11 is 0. The number of nitrogens with two attached hydrogens (primary N) is 2. The van der Waals surface area contributed by atoms with E-state index in [1.54, 1.807) is 6.07 Å². The highest BCUT2D eigenvalue weighted by Gasteiger charge is 2.43. The Labute approximate surface area is 154 Å². The molecular weight excluding hydrogens is 333 g/mol. The highest BCUT2D eigenvalue weighted by molar-refractivity contribution is 6.06. The summed E-state index contributed by atoms with van der Waals surface area (Å²) < 4.78 is 20.1. The van der Waals surface area contributed by atoms with Gasteiger partial charge in [0, 0.05) is 6.07 Å². The Hall–Kier alpha value is -2.31. The third-order valence-corrected chi connectivity index (χ3v) is 4.67. The SMILES string of the molecule is CC(C)(C)COc1ccc(F)cc1N1C(N)=NC(N)=NC12CCCCC2. The quantitative estimate of drug-likeness (QED) is 0.864. The van der Waals surface area contributed by atoms with Crippen LogP contribution in [-0.2, 0) is 0 Å². The summed E-state index contributed by atoms with van der Waals surface area (Å²) in [7, 11) is 0. The number of hydrogen-bond donors (Lipinski definition) is 2. The molecule has 1 fully saturated rings. The smallest absolute Gasteiger partial charge is 0.220 e. The Morgan fingerprint density at radius 3 is 2.54 bits per heavy atom. The maximum atomic E-state index is 14.1. The Kier molecular flexibility index (Phi) is 4.82. The maximum Gasteiger partial charge on any atom is 0.220 e. The van der Waals surface area contributed by atoms with Crippen LogP contribution in [0.25, 0.3) is 0 Å². The van der Waals surface area contributed by atoms with Gasteiger partial charge in [-0.05, 0) is 43.2 Å². The van der Waals surface area contributed by atoms with E-state index < -0.39 is 5.66 Å². The third kappa shape index (κ3) is 3.76. The highest BCUT2D eigenvalue weighted by Crippen LogP contribution is 2.43. The van der Waals surface area contributed by atoms with Gasteiger partial charge in [0.15, 0.2) is 0 Å². The second kappa shape index (κ2) is 6.78. The van der Waals surface area contributed by atoms with Gasteiger partial charge in [0.1, 0.15) is 17.2 Å². The van der Waals surface area contributed by atoms with Crippen molar-refractivity contribution in [3.8, 4) is 5.75 Å². The molecule has 4 N–H and O–H groups in total. The molecule has 1 aromatic carbocycles. The van der Waals surface area contributed by atoms with E-state index in [9.17, 15) is 4.39 Å². The fourth-order valence-corrected chi connectivity index (χ4v) is 3.55. The molecule has 1 spiro atoms. The highest BCUT2D eigenvalue weighted by atomic mass is 19.1. The molecule has 0 bridgehead atoms. The Morgan fingerprint density at radius 1 is 1.19 bits per heavy atom. The Bertz CT molecular complexity index is 732. The van der Waals surface area contributed by atoms with Crippen LogP contribution >= 0.6 is 0 Å². The lowest BCUT2D eigenvalue weighted by atomic mass is 9.87. The monoisotopic (exact) mass is 361 g/mol. The van der Waals surface area contributed by atoms with Crippen LogP contribution in [0.2, 0.25) is 0 Å². The van der Waals surface area contributed by atoms with Gasteiger partial charge < -0.3 is 16.2 Å². The third-order valence-electron chi connectivity index (χ3n) is 4.67. The number of benzene rings is 1. The number of ether oxygens (including phenoxy) is 1. The standard InChI is InChI=1S/C19H28FN5O/c1-18(2,3)12-26-15-8-7-13(20)11-14(15)25-17(22)23-16(21)24-19(25)9-5-4-6-10-19/h7-8,11H,4-6,9-10,12H2,1-3H3,(H4,21,22,23,24). The predicted octanol–water partition coefficient (Wildman–Crippen LogP) is 3.36. The van der Waals surface area contributed by atoms with Gasteiger partial charge in [-0.2, -0.15) is 4.99 Å². The average Bonchev–Trinajstić information content (AvgIpc) is 2.53. The molecule has 1 heterocycles. The first-order valence-corrected chi connectivity index (χ1v) is 9.12. The second-order valence-electron chi connectivity index (χ2n) is 8.28. The molecule has 1 aliphatic carbocycles. The lowest BCUT2D eigenvalue weighted by Crippen LogP contribution is -2.58. The molecule has 0 aromatic heterocycles. The van der Waals surface area contributed by atoms with Crippen LogP contribution in [0, 0.1) is 11.2 Å². The summed E-state index contributed by atoms with van der Waals surface area (Å²) in [5.74, 6) is 0.615. The molecule has 142 valence electrons. The molecule has 0 amide bonds. The summed E-state index contributed by atoms with van der Waals surface area (Å²) in [5.41, 5.74) is 12.0. The van der Waals surface area contributed by atoms with E-state index in [1.165, 1.54) is 12.1 Å². The molecule has 1 aliphatic heterocycles. The molecule has 0 saturated heterocycles. The number of guanidine groups is 2. The van der Waals surface area contributed by atoms with Crippen molar-refractivity contribution in [1.82, 2.24) is 0 Å². The number of aliphatic imine (C=N–C) groups is 2. The van der Waals surface area contributed by atoms with E-state index in [2.05, 4.69) is 30.8 Å². The molecule has 1 aromatic rings. The van der Waals surface area contributed by atoms with E-state index >= 15 is 0 Å². The number of anilines is 1. The van der Waals surface area contributed by atoms with Gasteiger partial charge >= 0.3 is 0 Å². The summed E-state index contributed by atoms with van der Waals surface area (Å²) in [6, 6.07) is 4.47. The fraction of sp³-hybridized carbons (Fsp3) is 0.579. The predicted molar refractivity (Wildman–Crippen MR) is 103 cm³/mol. The summed E-state index contributed by atoms with van der Waals surface area (Å²) in [6.07, 6.45) is 4.74. The minimum Gasteiger partial charge on any atom is -0.491 e. The van der Waals surface area contributed by atoms with Crippen LogP contribution in [0.5, 0.6) is 5.75 Å². The van der Waals surface area contributed by atoms with Gasteiger partial charge in [0.2, 0.25) is 11.9 Å². The molecule has 0 unspecified atom stereocenters. The number of halogens is 1. The van der Waals surface area contributed by atoms with E-state index in [4.69, 9.17) is 16.2 Å². The van der Waals surface area contributed by atoms with Crippen molar-refractivity contribution in [3.05, 3.63) is 24.0 Å². The normalized spacial score (nSPS) is 19.9. The van der Waals surface area contributed by atoms with Gasteiger partial charge in [-0.15, -0.1) is 0 Å². The number of nitrogens with zero attached hydrogens (tertiary/aromatic N) is 3. The van der Waals surface area contributed by atoms with Crippen LogP contribution in [0.1, 0.15) is 52.9 Å².